The van der Waals surface area contributed by atoms with Crippen molar-refractivity contribution in [2.75, 3.05) is 19.6 Å². The third-order valence-electron chi connectivity index (χ3n) is 5.08. The highest BCUT2D eigenvalue weighted by Crippen LogP contribution is 2.15. The van der Waals surface area contributed by atoms with E-state index in [0.717, 1.165) is 38.9 Å². The van der Waals surface area contributed by atoms with Crippen molar-refractivity contribution < 1.29 is 4.39 Å². The molecule has 23 heavy (non-hydrogen) atoms. The zero-order valence-corrected chi connectivity index (χ0v) is 14.9. The van der Waals surface area contributed by atoms with Crippen LogP contribution in [0.2, 0.25) is 0 Å². The van der Waals surface area contributed by atoms with Crippen molar-refractivity contribution in [2.45, 2.75) is 77.3 Å². The molecule has 1 nitrogen and oxygen atoms in total. The van der Waals surface area contributed by atoms with E-state index >= 15 is 0 Å². The Hall–Kier alpha value is -0.890. The van der Waals surface area contributed by atoms with E-state index < -0.39 is 6.17 Å². The van der Waals surface area contributed by atoms with Crippen LogP contribution in [-0.4, -0.2) is 30.7 Å². The van der Waals surface area contributed by atoms with E-state index in [4.69, 9.17) is 0 Å². The van der Waals surface area contributed by atoms with Crippen LogP contribution in [0.3, 0.4) is 0 Å². The Morgan fingerprint density at radius 1 is 0.870 bits per heavy atom. The van der Waals surface area contributed by atoms with E-state index in [2.05, 4.69) is 36.1 Å². The number of rotatable bonds is 10. The SMILES string of the molecule is CCCCCCCCc1ccc(CCN2CCC(F)CC2)cc1. The Labute approximate surface area is 142 Å². The molecule has 1 fully saturated rings. The number of benzene rings is 1. The fourth-order valence-corrected chi connectivity index (χ4v) is 3.39. The number of hydrogen-bond acceptors (Lipinski definition) is 1. The molecule has 2 rings (SSSR count). The van der Waals surface area contributed by atoms with Crippen molar-refractivity contribution in [2.24, 2.45) is 0 Å². The number of nitrogens with zero attached hydrogens (tertiary/aromatic N) is 1. The molecule has 0 unspecified atom stereocenters. The van der Waals surface area contributed by atoms with Gasteiger partial charge in [-0.25, -0.2) is 4.39 Å². The van der Waals surface area contributed by atoms with Crippen LogP contribution in [0.5, 0.6) is 0 Å². The Balaban J connectivity index is 1.60. The predicted octanol–water partition coefficient (Wildman–Crippen LogP) is 5.57. The molecule has 130 valence electrons. The van der Waals surface area contributed by atoms with Gasteiger partial charge in [0.05, 0.1) is 0 Å². The summed E-state index contributed by atoms with van der Waals surface area (Å²) in [6.45, 7) is 5.20. The minimum Gasteiger partial charge on any atom is -0.303 e. The molecular formula is C21H34FN. The molecule has 1 saturated heterocycles. The van der Waals surface area contributed by atoms with Gasteiger partial charge < -0.3 is 4.90 Å². The molecule has 1 aromatic rings. The smallest absolute Gasteiger partial charge is 0.103 e. The Bertz CT molecular complexity index is 406. The van der Waals surface area contributed by atoms with Crippen LogP contribution in [0.1, 0.15) is 69.4 Å². The van der Waals surface area contributed by atoms with E-state index in [-0.39, 0.29) is 0 Å². The first-order valence-electron chi connectivity index (χ1n) is 9.72. The van der Waals surface area contributed by atoms with Gasteiger partial charge in [0.2, 0.25) is 0 Å². The van der Waals surface area contributed by atoms with E-state index in [9.17, 15) is 4.39 Å². The summed E-state index contributed by atoms with van der Waals surface area (Å²) in [6.07, 6.45) is 11.4. The largest absolute Gasteiger partial charge is 0.303 e. The summed E-state index contributed by atoms with van der Waals surface area (Å²) in [5.74, 6) is 0. The quantitative estimate of drug-likeness (QED) is 0.510. The first kappa shape index (κ1) is 18.4. The zero-order chi connectivity index (χ0) is 16.3. The Morgan fingerprint density at radius 2 is 1.43 bits per heavy atom. The first-order chi connectivity index (χ1) is 11.3. The van der Waals surface area contributed by atoms with Crippen LogP contribution < -0.4 is 0 Å². The molecule has 0 atom stereocenters. The van der Waals surface area contributed by atoms with Crippen molar-refractivity contribution >= 4 is 0 Å². The fourth-order valence-electron chi connectivity index (χ4n) is 3.39. The first-order valence-corrected chi connectivity index (χ1v) is 9.72. The minimum absolute atomic E-state index is 0.562. The van der Waals surface area contributed by atoms with Gasteiger partial charge in [-0.15, -0.1) is 0 Å². The number of hydrogen-bond donors (Lipinski definition) is 0. The average Bonchev–Trinajstić information content (AvgIpc) is 2.58. The molecule has 0 spiro atoms. The maximum atomic E-state index is 13.1. The molecule has 0 N–H and O–H groups in total. The normalized spacial score (nSPS) is 16.8. The van der Waals surface area contributed by atoms with Crippen LogP contribution in [0.4, 0.5) is 4.39 Å². The molecule has 1 aromatic carbocycles. The molecule has 0 saturated carbocycles. The number of unbranched alkanes of at least 4 members (excludes halogenated alkanes) is 5. The highest BCUT2D eigenvalue weighted by atomic mass is 19.1. The lowest BCUT2D eigenvalue weighted by Crippen LogP contribution is -2.35. The van der Waals surface area contributed by atoms with E-state index in [0.29, 0.717) is 0 Å². The lowest BCUT2D eigenvalue weighted by molar-refractivity contribution is 0.152. The van der Waals surface area contributed by atoms with Gasteiger partial charge in [0, 0.05) is 19.6 Å². The standard InChI is InChI=1S/C21H34FN/c1-2-3-4-5-6-7-8-19-9-11-20(12-10-19)13-16-23-17-14-21(22)15-18-23/h9-12,21H,2-8,13-18H2,1H3. The third kappa shape index (κ3) is 7.48. The van der Waals surface area contributed by atoms with Crippen LogP contribution >= 0.6 is 0 Å². The number of alkyl halides is 1. The molecule has 0 radical (unpaired) electrons. The predicted molar refractivity (Wildman–Crippen MR) is 97.8 cm³/mol. The van der Waals surface area contributed by atoms with E-state index in [1.165, 1.54) is 56.1 Å². The molecule has 0 amide bonds. The molecule has 0 aromatic heterocycles. The van der Waals surface area contributed by atoms with Crippen molar-refractivity contribution in [3.8, 4) is 0 Å². The second kappa shape index (κ2) is 10.8. The highest BCUT2D eigenvalue weighted by Gasteiger charge is 2.17. The summed E-state index contributed by atoms with van der Waals surface area (Å²) >= 11 is 0. The Morgan fingerprint density at radius 3 is 2.09 bits per heavy atom. The summed E-state index contributed by atoms with van der Waals surface area (Å²) in [4.78, 5) is 2.40. The summed E-state index contributed by atoms with van der Waals surface area (Å²) in [6, 6.07) is 9.17. The monoisotopic (exact) mass is 319 g/mol. The lowest BCUT2D eigenvalue weighted by atomic mass is 10.0. The van der Waals surface area contributed by atoms with Crippen LogP contribution in [0, 0.1) is 0 Å². The number of piperidine rings is 1. The second-order valence-corrected chi connectivity index (χ2v) is 7.10. The summed E-state index contributed by atoms with van der Waals surface area (Å²) in [5.41, 5.74) is 2.89. The highest BCUT2D eigenvalue weighted by molar-refractivity contribution is 5.22. The fraction of sp³-hybridized carbons (Fsp3) is 0.714. The van der Waals surface area contributed by atoms with Gasteiger partial charge in [0.1, 0.15) is 6.17 Å². The van der Waals surface area contributed by atoms with Crippen LogP contribution in [-0.2, 0) is 12.8 Å². The zero-order valence-electron chi connectivity index (χ0n) is 14.9. The third-order valence-corrected chi connectivity index (χ3v) is 5.08. The number of likely N-dealkylation sites (tertiary alicyclic amines) is 1. The summed E-state index contributed by atoms with van der Waals surface area (Å²) in [7, 11) is 0. The van der Waals surface area contributed by atoms with Crippen LogP contribution in [0.25, 0.3) is 0 Å². The van der Waals surface area contributed by atoms with Gasteiger partial charge in [-0.2, -0.15) is 0 Å². The van der Waals surface area contributed by atoms with Crippen molar-refractivity contribution in [1.82, 2.24) is 4.90 Å². The average molecular weight is 320 g/mol. The molecule has 1 aliphatic rings. The second-order valence-electron chi connectivity index (χ2n) is 7.10. The van der Waals surface area contributed by atoms with E-state index in [1.54, 1.807) is 0 Å². The molecular weight excluding hydrogens is 285 g/mol. The summed E-state index contributed by atoms with van der Waals surface area (Å²) in [5, 5.41) is 0. The van der Waals surface area contributed by atoms with Crippen LogP contribution in [0.15, 0.2) is 24.3 Å². The summed E-state index contributed by atoms with van der Waals surface area (Å²) < 4.78 is 13.1. The van der Waals surface area contributed by atoms with Gasteiger partial charge >= 0.3 is 0 Å². The van der Waals surface area contributed by atoms with Gasteiger partial charge in [0.15, 0.2) is 0 Å². The number of aryl methyl sites for hydroxylation is 1. The van der Waals surface area contributed by atoms with Gasteiger partial charge in [0.25, 0.3) is 0 Å². The molecule has 0 bridgehead atoms. The van der Waals surface area contributed by atoms with Gasteiger partial charge in [-0.1, -0.05) is 63.3 Å². The minimum atomic E-state index is -0.562. The van der Waals surface area contributed by atoms with Gasteiger partial charge in [-0.05, 0) is 43.2 Å². The number of halogens is 1. The molecule has 2 heteroatoms. The Kier molecular flexibility index (Phi) is 8.67. The molecule has 1 aliphatic heterocycles. The van der Waals surface area contributed by atoms with Crippen molar-refractivity contribution in [1.29, 1.82) is 0 Å². The van der Waals surface area contributed by atoms with Crippen molar-refractivity contribution in [3.63, 3.8) is 0 Å². The maximum absolute atomic E-state index is 13.1. The van der Waals surface area contributed by atoms with Crippen molar-refractivity contribution in [3.05, 3.63) is 35.4 Å². The van der Waals surface area contributed by atoms with Gasteiger partial charge in [-0.3, -0.25) is 0 Å². The molecule has 1 heterocycles. The lowest BCUT2D eigenvalue weighted by Gasteiger charge is -2.28. The molecule has 0 aliphatic carbocycles. The maximum Gasteiger partial charge on any atom is 0.103 e. The van der Waals surface area contributed by atoms with E-state index in [1.807, 2.05) is 0 Å². The topological polar surface area (TPSA) is 3.24 Å².